The van der Waals surface area contributed by atoms with Gasteiger partial charge < -0.3 is 15.2 Å². The smallest absolute Gasteiger partial charge is 0.239 e. The molecule has 0 saturated carbocycles. The Balaban J connectivity index is 2.31. The van der Waals surface area contributed by atoms with Crippen molar-refractivity contribution in [2.75, 3.05) is 13.1 Å². The van der Waals surface area contributed by atoms with Crippen LogP contribution in [0.1, 0.15) is 30.4 Å². The molecule has 18 heavy (non-hydrogen) atoms. The van der Waals surface area contributed by atoms with Crippen molar-refractivity contribution in [3.8, 4) is 0 Å². The average Bonchev–Trinajstić information content (AvgIpc) is 2.64. The first-order valence-electron chi connectivity index (χ1n) is 5.99. The van der Waals surface area contributed by atoms with Gasteiger partial charge in [0.1, 0.15) is 5.76 Å². The molecule has 2 amide bonds. The predicted octanol–water partition coefficient (Wildman–Crippen LogP) is 0.476. The number of aromatic nitrogens is 1. The number of likely N-dealkylation sites (N-methyl/N-ethyl adjacent to an activating group) is 1. The summed E-state index contributed by atoms with van der Waals surface area (Å²) in [4.78, 5) is 22.7. The Morgan fingerprint density at radius 2 is 1.94 bits per heavy atom. The van der Waals surface area contributed by atoms with Gasteiger partial charge in [-0.1, -0.05) is 5.16 Å². The first-order chi connectivity index (χ1) is 8.54. The molecule has 0 unspecified atom stereocenters. The van der Waals surface area contributed by atoms with Crippen LogP contribution in [0.2, 0.25) is 0 Å². The van der Waals surface area contributed by atoms with Crippen LogP contribution in [0.4, 0.5) is 0 Å². The molecule has 1 aromatic rings. The van der Waals surface area contributed by atoms with E-state index in [0.717, 1.165) is 17.0 Å². The molecule has 0 aliphatic heterocycles. The Hall–Kier alpha value is -1.85. The van der Waals surface area contributed by atoms with E-state index in [9.17, 15) is 9.59 Å². The fourth-order valence-electron chi connectivity index (χ4n) is 1.62. The second kappa shape index (κ2) is 6.78. The molecular weight excluding hydrogens is 234 g/mol. The fraction of sp³-hybridized carbons (Fsp3) is 0.583. The van der Waals surface area contributed by atoms with Crippen LogP contribution in [0.15, 0.2) is 4.52 Å². The lowest BCUT2D eigenvalue weighted by Gasteiger charge is -2.05. The quantitative estimate of drug-likeness (QED) is 0.772. The Bertz CT molecular complexity index is 407. The average molecular weight is 253 g/mol. The number of hydrogen-bond acceptors (Lipinski definition) is 4. The first kappa shape index (κ1) is 14.2. The van der Waals surface area contributed by atoms with E-state index in [2.05, 4.69) is 15.8 Å². The van der Waals surface area contributed by atoms with Crippen molar-refractivity contribution in [3.63, 3.8) is 0 Å². The number of hydrogen-bond donors (Lipinski definition) is 2. The topological polar surface area (TPSA) is 84.2 Å². The van der Waals surface area contributed by atoms with Gasteiger partial charge in [-0.15, -0.1) is 0 Å². The minimum absolute atomic E-state index is 0.0221. The maximum Gasteiger partial charge on any atom is 0.239 e. The van der Waals surface area contributed by atoms with Crippen LogP contribution in [0.25, 0.3) is 0 Å². The standard InChI is InChI=1S/C12H19N3O3/c1-4-13-12(17)7-14-11(16)6-5-10-8(2)15-18-9(10)3/h4-7H2,1-3H3,(H,13,17)(H,14,16). The first-order valence-corrected chi connectivity index (χ1v) is 5.99. The van der Waals surface area contributed by atoms with Crippen LogP contribution in [0, 0.1) is 13.8 Å². The fourth-order valence-corrected chi connectivity index (χ4v) is 1.62. The van der Waals surface area contributed by atoms with Gasteiger partial charge in [-0.25, -0.2) is 0 Å². The van der Waals surface area contributed by atoms with Gasteiger partial charge >= 0.3 is 0 Å². The van der Waals surface area contributed by atoms with E-state index in [1.54, 1.807) is 0 Å². The number of amides is 2. The van der Waals surface area contributed by atoms with E-state index < -0.39 is 0 Å². The van der Waals surface area contributed by atoms with Gasteiger partial charge in [0.25, 0.3) is 0 Å². The number of nitrogens with zero attached hydrogens (tertiary/aromatic N) is 1. The summed E-state index contributed by atoms with van der Waals surface area (Å²) in [5.74, 6) is 0.411. The lowest BCUT2D eigenvalue weighted by molar-refractivity contribution is -0.126. The number of rotatable bonds is 6. The Labute approximate surface area is 106 Å². The summed E-state index contributed by atoms with van der Waals surface area (Å²) in [7, 11) is 0. The Morgan fingerprint density at radius 3 is 2.50 bits per heavy atom. The lowest BCUT2D eigenvalue weighted by atomic mass is 10.1. The minimum Gasteiger partial charge on any atom is -0.361 e. The van der Waals surface area contributed by atoms with E-state index in [4.69, 9.17) is 4.52 Å². The van der Waals surface area contributed by atoms with Crippen molar-refractivity contribution in [1.29, 1.82) is 0 Å². The Morgan fingerprint density at radius 1 is 1.22 bits per heavy atom. The number of carbonyl (C=O) groups excluding carboxylic acids is 2. The molecule has 6 heteroatoms. The van der Waals surface area contributed by atoms with Gasteiger partial charge in [-0.05, 0) is 27.2 Å². The third-order valence-electron chi connectivity index (χ3n) is 2.60. The summed E-state index contributed by atoms with van der Waals surface area (Å²) < 4.78 is 5.01. The predicted molar refractivity (Wildman–Crippen MR) is 66.0 cm³/mol. The van der Waals surface area contributed by atoms with Crippen molar-refractivity contribution in [3.05, 3.63) is 17.0 Å². The molecule has 0 fully saturated rings. The second-order valence-electron chi connectivity index (χ2n) is 4.03. The molecular formula is C12H19N3O3. The normalized spacial score (nSPS) is 10.2. The maximum absolute atomic E-state index is 11.5. The highest BCUT2D eigenvalue weighted by Gasteiger charge is 2.11. The van der Waals surface area contributed by atoms with Crippen LogP contribution in [-0.4, -0.2) is 30.1 Å². The van der Waals surface area contributed by atoms with Crippen LogP contribution < -0.4 is 10.6 Å². The molecule has 1 aromatic heterocycles. The number of aryl methyl sites for hydroxylation is 2. The zero-order valence-electron chi connectivity index (χ0n) is 11.0. The molecule has 100 valence electrons. The molecule has 0 aliphatic rings. The zero-order valence-corrected chi connectivity index (χ0v) is 11.0. The van der Waals surface area contributed by atoms with E-state index in [0.29, 0.717) is 19.4 Å². The van der Waals surface area contributed by atoms with Crippen LogP contribution in [-0.2, 0) is 16.0 Å². The zero-order chi connectivity index (χ0) is 13.5. The largest absolute Gasteiger partial charge is 0.361 e. The lowest BCUT2D eigenvalue weighted by Crippen LogP contribution is -2.36. The van der Waals surface area contributed by atoms with Gasteiger partial charge in [0.05, 0.1) is 12.2 Å². The van der Waals surface area contributed by atoms with E-state index in [1.165, 1.54) is 0 Å². The molecule has 6 nitrogen and oxygen atoms in total. The van der Waals surface area contributed by atoms with Crippen molar-refractivity contribution >= 4 is 11.8 Å². The molecule has 0 aliphatic carbocycles. The second-order valence-corrected chi connectivity index (χ2v) is 4.03. The van der Waals surface area contributed by atoms with Crippen molar-refractivity contribution in [2.24, 2.45) is 0 Å². The maximum atomic E-state index is 11.5. The highest BCUT2D eigenvalue weighted by Crippen LogP contribution is 2.13. The summed E-state index contributed by atoms with van der Waals surface area (Å²) in [5, 5.41) is 9.00. The molecule has 0 atom stereocenters. The molecule has 0 saturated heterocycles. The SMILES string of the molecule is CCNC(=O)CNC(=O)CCc1c(C)noc1C. The van der Waals surface area contributed by atoms with Gasteiger partial charge in [0.15, 0.2) is 0 Å². The van der Waals surface area contributed by atoms with E-state index >= 15 is 0 Å². The third-order valence-corrected chi connectivity index (χ3v) is 2.60. The minimum atomic E-state index is -0.178. The van der Waals surface area contributed by atoms with Crippen molar-refractivity contribution in [1.82, 2.24) is 15.8 Å². The molecule has 2 N–H and O–H groups in total. The summed E-state index contributed by atoms with van der Waals surface area (Å²) in [6.45, 7) is 6.08. The summed E-state index contributed by atoms with van der Waals surface area (Å²) in [6.07, 6.45) is 0.894. The van der Waals surface area contributed by atoms with E-state index in [-0.39, 0.29) is 18.4 Å². The van der Waals surface area contributed by atoms with Crippen LogP contribution in [0.5, 0.6) is 0 Å². The highest BCUT2D eigenvalue weighted by molar-refractivity contribution is 5.84. The molecule has 0 radical (unpaired) electrons. The van der Waals surface area contributed by atoms with Crippen molar-refractivity contribution in [2.45, 2.75) is 33.6 Å². The molecule has 1 rings (SSSR count). The number of nitrogens with one attached hydrogen (secondary N) is 2. The summed E-state index contributed by atoms with van der Waals surface area (Å²) >= 11 is 0. The summed E-state index contributed by atoms with van der Waals surface area (Å²) in [5.41, 5.74) is 1.77. The number of carbonyl (C=O) groups is 2. The molecule has 0 spiro atoms. The monoisotopic (exact) mass is 253 g/mol. The molecule has 0 aromatic carbocycles. The van der Waals surface area contributed by atoms with Gasteiger partial charge in [-0.3, -0.25) is 9.59 Å². The highest BCUT2D eigenvalue weighted by atomic mass is 16.5. The molecule has 0 bridgehead atoms. The third kappa shape index (κ3) is 4.20. The summed E-state index contributed by atoms with van der Waals surface area (Å²) in [6, 6.07) is 0. The van der Waals surface area contributed by atoms with Crippen LogP contribution in [0.3, 0.4) is 0 Å². The van der Waals surface area contributed by atoms with E-state index in [1.807, 2.05) is 20.8 Å². The van der Waals surface area contributed by atoms with Gasteiger partial charge in [0, 0.05) is 18.5 Å². The van der Waals surface area contributed by atoms with Gasteiger partial charge in [0.2, 0.25) is 11.8 Å². The van der Waals surface area contributed by atoms with Crippen molar-refractivity contribution < 1.29 is 14.1 Å². The Kier molecular flexibility index (Phi) is 5.35. The van der Waals surface area contributed by atoms with Crippen LogP contribution >= 0.6 is 0 Å². The molecule has 1 heterocycles. The van der Waals surface area contributed by atoms with Gasteiger partial charge in [-0.2, -0.15) is 0 Å².